The molecule has 1 aromatic carbocycles. The first-order valence-electron chi connectivity index (χ1n) is 6.40. The molecule has 0 radical (unpaired) electrons. The van der Waals surface area contributed by atoms with E-state index in [9.17, 15) is 4.79 Å². The van der Waals surface area contributed by atoms with Crippen molar-refractivity contribution in [1.82, 2.24) is 10.3 Å². The molecule has 0 aliphatic carbocycles. The normalized spacial score (nSPS) is 12.2. The molecule has 3 N–H and O–H groups in total. The number of pyridine rings is 1. The van der Waals surface area contributed by atoms with Crippen LogP contribution in [-0.4, -0.2) is 10.9 Å². The van der Waals surface area contributed by atoms with Gasteiger partial charge in [0.05, 0.1) is 11.7 Å². The lowest BCUT2D eigenvalue weighted by Crippen LogP contribution is -2.25. The molecule has 1 aromatic heterocycles. The van der Waals surface area contributed by atoms with E-state index < -0.39 is 0 Å². The summed E-state index contributed by atoms with van der Waals surface area (Å²) in [6.45, 7) is 1.90. The molecule has 0 aliphatic rings. The number of amides is 1. The minimum Gasteiger partial charge on any atom is -0.399 e. The van der Waals surface area contributed by atoms with E-state index in [4.69, 9.17) is 5.73 Å². The van der Waals surface area contributed by atoms with Gasteiger partial charge in [-0.25, -0.2) is 0 Å². The lowest BCUT2D eigenvalue weighted by molar-refractivity contribution is -0.117. The van der Waals surface area contributed by atoms with Gasteiger partial charge in [-0.3, -0.25) is 9.78 Å². The summed E-state index contributed by atoms with van der Waals surface area (Å²) >= 11 is 0. The van der Waals surface area contributed by atoms with Crippen LogP contribution in [0.15, 0.2) is 54.7 Å². The molecule has 1 amide bonds. The predicted molar refractivity (Wildman–Crippen MR) is 80.7 cm³/mol. The van der Waals surface area contributed by atoms with Crippen LogP contribution in [0.2, 0.25) is 0 Å². The van der Waals surface area contributed by atoms with Crippen LogP contribution >= 0.6 is 0 Å². The first-order chi connectivity index (χ1) is 9.65. The zero-order chi connectivity index (χ0) is 14.4. The maximum Gasteiger partial charge on any atom is 0.244 e. The molecule has 1 heterocycles. The third-order valence-corrected chi connectivity index (χ3v) is 2.83. The van der Waals surface area contributed by atoms with E-state index >= 15 is 0 Å². The summed E-state index contributed by atoms with van der Waals surface area (Å²) in [5.41, 5.74) is 8.08. The second-order valence-electron chi connectivity index (χ2n) is 4.49. The Morgan fingerprint density at radius 1 is 1.30 bits per heavy atom. The minimum absolute atomic E-state index is 0.130. The van der Waals surface area contributed by atoms with Gasteiger partial charge in [0, 0.05) is 18.0 Å². The standard InChI is InChI=1S/C16H17N3O/c1-12(15-7-2-3-10-18-15)19-16(20)9-8-13-5-4-6-14(17)11-13/h2-12H,17H2,1H3,(H,19,20)/b9-8+. The monoisotopic (exact) mass is 267 g/mol. The molecule has 0 fully saturated rings. The first kappa shape index (κ1) is 13.8. The van der Waals surface area contributed by atoms with Gasteiger partial charge in [-0.15, -0.1) is 0 Å². The van der Waals surface area contributed by atoms with Crippen molar-refractivity contribution in [2.75, 3.05) is 5.73 Å². The Kier molecular flexibility index (Phi) is 4.50. The highest BCUT2D eigenvalue weighted by molar-refractivity contribution is 5.92. The number of nitrogens with one attached hydrogen (secondary N) is 1. The van der Waals surface area contributed by atoms with Crippen LogP contribution in [0.4, 0.5) is 5.69 Å². The van der Waals surface area contributed by atoms with Gasteiger partial charge < -0.3 is 11.1 Å². The molecule has 102 valence electrons. The smallest absolute Gasteiger partial charge is 0.244 e. The molecule has 0 spiro atoms. The first-order valence-corrected chi connectivity index (χ1v) is 6.40. The van der Waals surface area contributed by atoms with Gasteiger partial charge in [-0.2, -0.15) is 0 Å². The summed E-state index contributed by atoms with van der Waals surface area (Å²) < 4.78 is 0. The van der Waals surface area contributed by atoms with Crippen molar-refractivity contribution in [3.05, 3.63) is 66.0 Å². The van der Waals surface area contributed by atoms with Crippen molar-refractivity contribution in [2.45, 2.75) is 13.0 Å². The van der Waals surface area contributed by atoms with Crippen LogP contribution in [0.3, 0.4) is 0 Å². The van der Waals surface area contributed by atoms with Gasteiger partial charge >= 0.3 is 0 Å². The number of carbonyl (C=O) groups excluding carboxylic acids is 1. The number of anilines is 1. The molecule has 0 aliphatic heterocycles. The number of hydrogen-bond acceptors (Lipinski definition) is 3. The molecule has 4 heteroatoms. The number of rotatable bonds is 4. The fourth-order valence-electron chi connectivity index (χ4n) is 1.80. The molecule has 0 bridgehead atoms. The van der Waals surface area contributed by atoms with Crippen molar-refractivity contribution in [3.63, 3.8) is 0 Å². The summed E-state index contributed by atoms with van der Waals surface area (Å²) in [5.74, 6) is -0.162. The van der Waals surface area contributed by atoms with Crippen LogP contribution < -0.4 is 11.1 Å². The lowest BCUT2D eigenvalue weighted by atomic mass is 10.2. The third kappa shape index (κ3) is 3.95. The zero-order valence-corrected chi connectivity index (χ0v) is 11.3. The fourth-order valence-corrected chi connectivity index (χ4v) is 1.80. The van der Waals surface area contributed by atoms with Crippen LogP contribution in [0.5, 0.6) is 0 Å². The minimum atomic E-state index is -0.162. The van der Waals surface area contributed by atoms with Crippen molar-refractivity contribution < 1.29 is 4.79 Å². The number of nitrogens with two attached hydrogens (primary N) is 1. The van der Waals surface area contributed by atoms with E-state index in [1.807, 2.05) is 43.3 Å². The van der Waals surface area contributed by atoms with E-state index in [2.05, 4.69) is 10.3 Å². The van der Waals surface area contributed by atoms with Gasteiger partial charge in [-0.1, -0.05) is 18.2 Å². The number of hydrogen-bond donors (Lipinski definition) is 2. The average molecular weight is 267 g/mol. The highest BCUT2D eigenvalue weighted by atomic mass is 16.1. The molecule has 2 rings (SSSR count). The Morgan fingerprint density at radius 2 is 2.15 bits per heavy atom. The molecule has 0 saturated heterocycles. The molecular weight excluding hydrogens is 250 g/mol. The van der Waals surface area contributed by atoms with Crippen LogP contribution in [-0.2, 0) is 4.79 Å². The maximum absolute atomic E-state index is 11.8. The summed E-state index contributed by atoms with van der Waals surface area (Å²) in [6, 6.07) is 12.9. The van der Waals surface area contributed by atoms with E-state index in [0.29, 0.717) is 5.69 Å². The van der Waals surface area contributed by atoms with Crippen LogP contribution in [0.25, 0.3) is 6.08 Å². The Morgan fingerprint density at radius 3 is 2.85 bits per heavy atom. The Balaban J connectivity index is 1.96. The zero-order valence-electron chi connectivity index (χ0n) is 11.3. The largest absolute Gasteiger partial charge is 0.399 e. The highest BCUT2D eigenvalue weighted by Gasteiger charge is 2.07. The van der Waals surface area contributed by atoms with Gasteiger partial charge in [0.15, 0.2) is 0 Å². The molecule has 1 atom stereocenters. The Bertz CT molecular complexity index is 608. The second kappa shape index (κ2) is 6.52. The molecular formula is C16H17N3O. The molecule has 4 nitrogen and oxygen atoms in total. The van der Waals surface area contributed by atoms with Gasteiger partial charge in [0.1, 0.15) is 0 Å². The topological polar surface area (TPSA) is 68.0 Å². The van der Waals surface area contributed by atoms with E-state index in [1.54, 1.807) is 18.3 Å². The SMILES string of the molecule is CC(NC(=O)/C=C/c1cccc(N)c1)c1ccccn1. The van der Waals surface area contributed by atoms with E-state index in [0.717, 1.165) is 11.3 Å². The van der Waals surface area contributed by atoms with Crippen molar-refractivity contribution in [2.24, 2.45) is 0 Å². The average Bonchev–Trinajstić information content (AvgIpc) is 2.46. The number of nitrogen functional groups attached to an aromatic ring is 1. The van der Waals surface area contributed by atoms with Crippen molar-refractivity contribution >= 4 is 17.7 Å². The second-order valence-corrected chi connectivity index (χ2v) is 4.49. The fraction of sp³-hybridized carbons (Fsp3) is 0.125. The Labute approximate surface area is 118 Å². The Hall–Kier alpha value is -2.62. The highest BCUT2D eigenvalue weighted by Crippen LogP contribution is 2.09. The van der Waals surface area contributed by atoms with Gasteiger partial charge in [0.2, 0.25) is 5.91 Å². The maximum atomic E-state index is 11.8. The number of aromatic nitrogens is 1. The van der Waals surface area contributed by atoms with Crippen molar-refractivity contribution in [1.29, 1.82) is 0 Å². The lowest BCUT2D eigenvalue weighted by Gasteiger charge is -2.11. The summed E-state index contributed by atoms with van der Waals surface area (Å²) in [6.07, 6.45) is 4.94. The molecule has 20 heavy (non-hydrogen) atoms. The summed E-state index contributed by atoms with van der Waals surface area (Å²) in [7, 11) is 0. The molecule has 2 aromatic rings. The quantitative estimate of drug-likeness (QED) is 0.660. The van der Waals surface area contributed by atoms with Crippen molar-refractivity contribution in [3.8, 4) is 0 Å². The third-order valence-electron chi connectivity index (χ3n) is 2.83. The van der Waals surface area contributed by atoms with E-state index in [1.165, 1.54) is 6.08 Å². The van der Waals surface area contributed by atoms with Crippen LogP contribution in [0, 0.1) is 0 Å². The molecule has 1 unspecified atom stereocenters. The summed E-state index contributed by atoms with van der Waals surface area (Å²) in [4.78, 5) is 16.0. The predicted octanol–water partition coefficient (Wildman–Crippen LogP) is 2.55. The number of carbonyl (C=O) groups is 1. The van der Waals surface area contributed by atoms with Gasteiger partial charge in [0.25, 0.3) is 0 Å². The van der Waals surface area contributed by atoms with E-state index in [-0.39, 0.29) is 11.9 Å². The van der Waals surface area contributed by atoms with Gasteiger partial charge in [-0.05, 0) is 42.8 Å². The number of nitrogens with zero attached hydrogens (tertiary/aromatic N) is 1. The number of benzene rings is 1. The summed E-state index contributed by atoms with van der Waals surface area (Å²) in [5, 5.41) is 2.86. The molecule has 0 saturated carbocycles. The van der Waals surface area contributed by atoms with Crippen LogP contribution in [0.1, 0.15) is 24.2 Å².